The molecule has 0 amide bonds. The summed E-state index contributed by atoms with van der Waals surface area (Å²) in [5.41, 5.74) is 5.70. The fourth-order valence-electron chi connectivity index (χ4n) is 2.24. The van der Waals surface area contributed by atoms with Crippen molar-refractivity contribution in [2.24, 2.45) is 11.7 Å². The second-order valence-corrected chi connectivity index (χ2v) is 4.64. The molecule has 90 valence electrons. The highest BCUT2D eigenvalue weighted by Gasteiger charge is 2.25. The van der Waals surface area contributed by atoms with Crippen molar-refractivity contribution in [1.82, 2.24) is 4.90 Å². The second-order valence-electron chi connectivity index (χ2n) is 4.64. The molecule has 1 aliphatic rings. The van der Waals surface area contributed by atoms with E-state index in [9.17, 15) is 0 Å². The molecule has 0 bridgehead atoms. The van der Waals surface area contributed by atoms with Gasteiger partial charge in [0.05, 0.1) is 6.10 Å². The molecule has 1 saturated heterocycles. The standard InChI is InChI=1S/C12H26N2O/c1-4-15-12-5-7-14(8-6-12)11(3)10(2)9-13/h10-12H,4-9,13H2,1-3H3. The summed E-state index contributed by atoms with van der Waals surface area (Å²) in [5.74, 6) is 0.591. The maximum Gasteiger partial charge on any atom is 0.0599 e. The third kappa shape index (κ3) is 3.74. The van der Waals surface area contributed by atoms with E-state index in [1.165, 1.54) is 12.8 Å². The summed E-state index contributed by atoms with van der Waals surface area (Å²) in [6.45, 7) is 10.6. The van der Waals surface area contributed by atoms with Crippen LogP contribution in [0.15, 0.2) is 0 Å². The molecule has 0 aromatic heterocycles. The number of nitrogens with zero attached hydrogens (tertiary/aromatic N) is 1. The Morgan fingerprint density at radius 2 is 1.93 bits per heavy atom. The van der Waals surface area contributed by atoms with Crippen LogP contribution in [0.5, 0.6) is 0 Å². The Kier molecular flexibility index (Phi) is 5.58. The zero-order chi connectivity index (χ0) is 11.3. The van der Waals surface area contributed by atoms with Crippen molar-refractivity contribution in [1.29, 1.82) is 0 Å². The Hall–Kier alpha value is -0.120. The third-order valence-electron chi connectivity index (χ3n) is 3.65. The molecule has 0 aromatic rings. The number of likely N-dealkylation sites (tertiary alicyclic amines) is 1. The van der Waals surface area contributed by atoms with Gasteiger partial charge in [0.2, 0.25) is 0 Å². The molecule has 1 fully saturated rings. The van der Waals surface area contributed by atoms with Gasteiger partial charge in [0.25, 0.3) is 0 Å². The van der Waals surface area contributed by atoms with E-state index in [0.717, 1.165) is 26.2 Å². The summed E-state index contributed by atoms with van der Waals surface area (Å²) >= 11 is 0. The zero-order valence-corrected chi connectivity index (χ0v) is 10.4. The van der Waals surface area contributed by atoms with Crippen LogP contribution in [0, 0.1) is 5.92 Å². The van der Waals surface area contributed by atoms with Crippen LogP contribution in [0.4, 0.5) is 0 Å². The molecule has 1 aliphatic heterocycles. The fourth-order valence-corrected chi connectivity index (χ4v) is 2.24. The third-order valence-corrected chi connectivity index (χ3v) is 3.65. The van der Waals surface area contributed by atoms with Crippen LogP contribution < -0.4 is 5.73 Å². The van der Waals surface area contributed by atoms with Gasteiger partial charge in [-0.05, 0) is 39.2 Å². The lowest BCUT2D eigenvalue weighted by molar-refractivity contribution is 0.000415. The lowest BCUT2D eigenvalue weighted by atomic mass is 9.98. The van der Waals surface area contributed by atoms with Crippen molar-refractivity contribution < 1.29 is 4.74 Å². The molecule has 3 nitrogen and oxygen atoms in total. The van der Waals surface area contributed by atoms with Gasteiger partial charge < -0.3 is 15.4 Å². The largest absolute Gasteiger partial charge is 0.378 e. The Morgan fingerprint density at radius 1 is 1.33 bits per heavy atom. The molecular formula is C12H26N2O. The Labute approximate surface area is 94.0 Å². The molecule has 0 aromatic carbocycles. The van der Waals surface area contributed by atoms with E-state index in [0.29, 0.717) is 18.1 Å². The first-order valence-corrected chi connectivity index (χ1v) is 6.24. The first kappa shape index (κ1) is 12.9. The SMILES string of the molecule is CCOC1CCN(C(C)C(C)CN)CC1. The van der Waals surface area contributed by atoms with E-state index >= 15 is 0 Å². The minimum Gasteiger partial charge on any atom is -0.378 e. The van der Waals surface area contributed by atoms with Crippen LogP contribution in [0.3, 0.4) is 0 Å². The molecule has 2 N–H and O–H groups in total. The Bertz CT molecular complexity index is 167. The van der Waals surface area contributed by atoms with Crippen molar-refractivity contribution >= 4 is 0 Å². The maximum absolute atomic E-state index is 5.70. The van der Waals surface area contributed by atoms with E-state index in [-0.39, 0.29) is 0 Å². The van der Waals surface area contributed by atoms with Crippen LogP contribution in [0.1, 0.15) is 33.6 Å². The van der Waals surface area contributed by atoms with E-state index in [4.69, 9.17) is 10.5 Å². The van der Waals surface area contributed by atoms with Crippen LogP contribution in [-0.4, -0.2) is 43.3 Å². The highest BCUT2D eigenvalue weighted by Crippen LogP contribution is 2.19. The molecular weight excluding hydrogens is 188 g/mol. The smallest absolute Gasteiger partial charge is 0.0599 e. The van der Waals surface area contributed by atoms with Gasteiger partial charge in [-0.25, -0.2) is 0 Å². The second kappa shape index (κ2) is 6.46. The van der Waals surface area contributed by atoms with Crippen LogP contribution >= 0.6 is 0 Å². The van der Waals surface area contributed by atoms with Crippen molar-refractivity contribution in [3.05, 3.63) is 0 Å². The average Bonchev–Trinajstić information content (AvgIpc) is 2.28. The molecule has 0 saturated carbocycles. The minimum atomic E-state index is 0.492. The predicted octanol–water partition coefficient (Wildman–Crippen LogP) is 1.47. The lowest BCUT2D eigenvalue weighted by Gasteiger charge is -2.38. The van der Waals surface area contributed by atoms with E-state index in [2.05, 4.69) is 25.7 Å². The van der Waals surface area contributed by atoms with Crippen molar-refractivity contribution in [3.63, 3.8) is 0 Å². The summed E-state index contributed by atoms with van der Waals surface area (Å²) in [7, 11) is 0. The Morgan fingerprint density at radius 3 is 2.40 bits per heavy atom. The number of piperidine rings is 1. The molecule has 0 radical (unpaired) electrons. The van der Waals surface area contributed by atoms with Crippen LogP contribution in [0.2, 0.25) is 0 Å². The van der Waals surface area contributed by atoms with Gasteiger partial charge in [-0.3, -0.25) is 0 Å². The molecule has 1 rings (SSSR count). The minimum absolute atomic E-state index is 0.492. The molecule has 2 unspecified atom stereocenters. The molecule has 2 atom stereocenters. The first-order valence-electron chi connectivity index (χ1n) is 6.24. The normalized spacial score (nSPS) is 24.0. The number of rotatable bonds is 5. The van der Waals surface area contributed by atoms with Gasteiger partial charge in [-0.2, -0.15) is 0 Å². The molecule has 0 aliphatic carbocycles. The van der Waals surface area contributed by atoms with Gasteiger partial charge >= 0.3 is 0 Å². The average molecular weight is 214 g/mol. The van der Waals surface area contributed by atoms with Gasteiger partial charge in [0, 0.05) is 25.7 Å². The van der Waals surface area contributed by atoms with Crippen molar-refractivity contribution in [2.75, 3.05) is 26.2 Å². The fraction of sp³-hybridized carbons (Fsp3) is 1.00. The number of ether oxygens (including phenoxy) is 1. The molecule has 1 heterocycles. The predicted molar refractivity (Wildman–Crippen MR) is 63.9 cm³/mol. The summed E-state index contributed by atoms with van der Waals surface area (Å²) in [6.07, 6.45) is 2.84. The van der Waals surface area contributed by atoms with E-state index in [1.54, 1.807) is 0 Å². The summed E-state index contributed by atoms with van der Waals surface area (Å²) in [4.78, 5) is 2.55. The summed E-state index contributed by atoms with van der Waals surface area (Å²) < 4.78 is 5.65. The van der Waals surface area contributed by atoms with Gasteiger partial charge in [0.15, 0.2) is 0 Å². The lowest BCUT2D eigenvalue weighted by Crippen LogP contribution is -2.46. The quantitative estimate of drug-likeness (QED) is 0.753. The number of hydrogen-bond acceptors (Lipinski definition) is 3. The molecule has 15 heavy (non-hydrogen) atoms. The summed E-state index contributed by atoms with van der Waals surface area (Å²) in [6, 6.07) is 0.609. The van der Waals surface area contributed by atoms with Gasteiger partial charge in [0.1, 0.15) is 0 Å². The topological polar surface area (TPSA) is 38.5 Å². The van der Waals surface area contributed by atoms with Crippen molar-refractivity contribution in [2.45, 2.75) is 45.8 Å². The van der Waals surface area contributed by atoms with Crippen molar-refractivity contribution in [3.8, 4) is 0 Å². The van der Waals surface area contributed by atoms with Crippen LogP contribution in [0.25, 0.3) is 0 Å². The van der Waals surface area contributed by atoms with Gasteiger partial charge in [-0.15, -0.1) is 0 Å². The molecule has 3 heteroatoms. The molecule has 0 spiro atoms. The highest BCUT2D eigenvalue weighted by molar-refractivity contribution is 4.79. The highest BCUT2D eigenvalue weighted by atomic mass is 16.5. The maximum atomic E-state index is 5.70. The van der Waals surface area contributed by atoms with Gasteiger partial charge in [-0.1, -0.05) is 6.92 Å². The summed E-state index contributed by atoms with van der Waals surface area (Å²) in [5, 5.41) is 0. The van der Waals surface area contributed by atoms with Crippen LogP contribution in [-0.2, 0) is 4.74 Å². The Balaban J connectivity index is 2.30. The number of nitrogens with two attached hydrogens (primary N) is 1. The number of hydrogen-bond donors (Lipinski definition) is 1. The monoisotopic (exact) mass is 214 g/mol. The van der Waals surface area contributed by atoms with E-state index in [1.807, 2.05) is 0 Å². The zero-order valence-electron chi connectivity index (χ0n) is 10.4. The first-order chi connectivity index (χ1) is 7.19. The van der Waals surface area contributed by atoms with E-state index < -0.39 is 0 Å².